The molecule has 0 aromatic heterocycles. The van der Waals surface area contributed by atoms with Gasteiger partial charge in [0.2, 0.25) is 0 Å². The van der Waals surface area contributed by atoms with Crippen molar-refractivity contribution in [3.8, 4) is 5.75 Å². The van der Waals surface area contributed by atoms with Gasteiger partial charge in [-0.15, -0.1) is 0 Å². The van der Waals surface area contributed by atoms with Crippen molar-refractivity contribution in [3.63, 3.8) is 0 Å². The van der Waals surface area contributed by atoms with E-state index >= 15 is 0 Å². The van der Waals surface area contributed by atoms with Crippen molar-refractivity contribution >= 4 is 0 Å². The van der Waals surface area contributed by atoms with Crippen molar-refractivity contribution in [3.05, 3.63) is 65.5 Å². The summed E-state index contributed by atoms with van der Waals surface area (Å²) in [5.41, 5.74) is 0.725. The van der Waals surface area contributed by atoms with E-state index in [0.29, 0.717) is 12.2 Å². The Balaban J connectivity index is 2.14. The molecule has 0 spiro atoms. The lowest BCUT2D eigenvalue weighted by atomic mass is 9.80. The number of phenols is 1. The summed E-state index contributed by atoms with van der Waals surface area (Å²) >= 11 is 0. The molecule has 0 radical (unpaired) electrons. The highest BCUT2D eigenvalue weighted by molar-refractivity contribution is 5.39. The second-order valence-electron chi connectivity index (χ2n) is 5.16. The van der Waals surface area contributed by atoms with E-state index in [2.05, 4.69) is 0 Å². The molecule has 1 aliphatic rings. The van der Waals surface area contributed by atoms with Crippen LogP contribution in [0.4, 0.5) is 4.39 Å². The van der Waals surface area contributed by atoms with E-state index in [1.165, 1.54) is 6.07 Å². The van der Waals surface area contributed by atoms with Crippen molar-refractivity contribution in [1.82, 2.24) is 0 Å². The highest BCUT2D eigenvalue weighted by atomic mass is 19.1. The molecule has 0 bridgehead atoms. The Morgan fingerprint density at radius 1 is 1.00 bits per heavy atom. The third-order valence-electron chi connectivity index (χ3n) is 3.91. The standard InChI is InChI=1S/C17H17FO2/c18-16-6-2-1-5-15(16)17(11-3-4-12-20-17)13-7-9-14(19)10-8-13/h1-2,5-10,19H,3-4,11-12H2. The van der Waals surface area contributed by atoms with Gasteiger partial charge in [-0.3, -0.25) is 0 Å². The number of rotatable bonds is 2. The van der Waals surface area contributed by atoms with Crippen LogP contribution in [0.1, 0.15) is 30.4 Å². The zero-order valence-corrected chi connectivity index (χ0v) is 11.2. The molecule has 0 aliphatic carbocycles. The number of hydrogen-bond donors (Lipinski definition) is 1. The van der Waals surface area contributed by atoms with E-state index in [1.54, 1.807) is 24.3 Å². The summed E-state index contributed by atoms with van der Waals surface area (Å²) in [6, 6.07) is 13.6. The summed E-state index contributed by atoms with van der Waals surface area (Å²) in [7, 11) is 0. The zero-order valence-electron chi connectivity index (χ0n) is 11.2. The summed E-state index contributed by atoms with van der Waals surface area (Å²) in [6.45, 7) is 0.620. The molecule has 1 saturated heterocycles. The van der Waals surface area contributed by atoms with Crippen LogP contribution in [0.3, 0.4) is 0 Å². The van der Waals surface area contributed by atoms with E-state index in [1.807, 2.05) is 18.2 Å². The van der Waals surface area contributed by atoms with Crippen molar-refractivity contribution in [2.24, 2.45) is 0 Å². The Labute approximate surface area is 117 Å². The first-order chi connectivity index (χ1) is 9.72. The van der Waals surface area contributed by atoms with Crippen LogP contribution in [0.25, 0.3) is 0 Å². The van der Waals surface area contributed by atoms with Gasteiger partial charge in [0, 0.05) is 12.2 Å². The largest absolute Gasteiger partial charge is 0.508 e. The average molecular weight is 272 g/mol. The second kappa shape index (κ2) is 5.25. The molecule has 3 rings (SSSR count). The second-order valence-corrected chi connectivity index (χ2v) is 5.16. The minimum Gasteiger partial charge on any atom is -0.508 e. The van der Waals surface area contributed by atoms with Gasteiger partial charge in [0.1, 0.15) is 17.2 Å². The maximum atomic E-state index is 14.3. The number of benzene rings is 2. The molecule has 1 aliphatic heterocycles. The van der Waals surface area contributed by atoms with Crippen LogP contribution in [0.5, 0.6) is 5.75 Å². The van der Waals surface area contributed by atoms with Crippen LogP contribution < -0.4 is 0 Å². The summed E-state index contributed by atoms with van der Waals surface area (Å²) in [5, 5.41) is 9.45. The van der Waals surface area contributed by atoms with Gasteiger partial charge in [-0.05, 0) is 43.0 Å². The van der Waals surface area contributed by atoms with Crippen molar-refractivity contribution < 1.29 is 14.2 Å². The molecule has 2 aromatic carbocycles. The summed E-state index contributed by atoms with van der Waals surface area (Å²) in [4.78, 5) is 0. The number of hydrogen-bond acceptors (Lipinski definition) is 2. The van der Waals surface area contributed by atoms with Crippen molar-refractivity contribution in [2.75, 3.05) is 6.61 Å². The van der Waals surface area contributed by atoms with Crippen LogP contribution in [0.15, 0.2) is 48.5 Å². The monoisotopic (exact) mass is 272 g/mol. The molecule has 1 N–H and O–H groups in total. The average Bonchev–Trinajstić information content (AvgIpc) is 2.49. The summed E-state index contributed by atoms with van der Waals surface area (Å²) in [5.74, 6) is -0.0456. The SMILES string of the molecule is Oc1ccc(C2(c3ccccc3F)CCCCO2)cc1. The first kappa shape index (κ1) is 13.1. The van der Waals surface area contributed by atoms with Crippen LogP contribution in [0, 0.1) is 5.82 Å². The van der Waals surface area contributed by atoms with E-state index in [0.717, 1.165) is 24.8 Å². The highest BCUT2D eigenvalue weighted by Gasteiger charge is 2.39. The van der Waals surface area contributed by atoms with Crippen molar-refractivity contribution in [1.29, 1.82) is 0 Å². The lowest BCUT2D eigenvalue weighted by Gasteiger charge is -2.38. The lowest BCUT2D eigenvalue weighted by molar-refractivity contribution is -0.0554. The van der Waals surface area contributed by atoms with E-state index in [-0.39, 0.29) is 11.6 Å². The smallest absolute Gasteiger partial charge is 0.129 e. The Morgan fingerprint density at radius 2 is 1.75 bits per heavy atom. The van der Waals surface area contributed by atoms with Gasteiger partial charge >= 0.3 is 0 Å². The number of ether oxygens (including phenoxy) is 1. The minimum absolute atomic E-state index is 0.202. The minimum atomic E-state index is -0.739. The normalized spacial score (nSPS) is 22.6. The molecule has 2 aromatic rings. The third kappa shape index (κ3) is 2.18. The zero-order chi connectivity index (χ0) is 14.0. The van der Waals surface area contributed by atoms with Crippen LogP contribution in [0.2, 0.25) is 0 Å². The number of aromatic hydroxyl groups is 1. The quantitative estimate of drug-likeness (QED) is 0.896. The fraction of sp³-hybridized carbons (Fsp3) is 0.294. The Bertz CT molecular complexity index is 586. The molecule has 1 unspecified atom stereocenters. The molecule has 0 saturated carbocycles. The van der Waals surface area contributed by atoms with Gasteiger partial charge in [0.05, 0.1) is 0 Å². The van der Waals surface area contributed by atoms with E-state index in [9.17, 15) is 9.50 Å². The van der Waals surface area contributed by atoms with Crippen molar-refractivity contribution in [2.45, 2.75) is 24.9 Å². The summed E-state index contributed by atoms with van der Waals surface area (Å²) < 4.78 is 20.3. The molecule has 1 atom stereocenters. The highest BCUT2D eigenvalue weighted by Crippen LogP contribution is 2.42. The molecular weight excluding hydrogens is 255 g/mol. The van der Waals surface area contributed by atoms with Gasteiger partial charge in [-0.25, -0.2) is 4.39 Å². The molecule has 2 nitrogen and oxygen atoms in total. The third-order valence-corrected chi connectivity index (χ3v) is 3.91. The number of halogens is 1. The fourth-order valence-corrected chi connectivity index (χ4v) is 2.91. The van der Waals surface area contributed by atoms with Crippen LogP contribution in [-0.4, -0.2) is 11.7 Å². The van der Waals surface area contributed by atoms with Crippen LogP contribution >= 0.6 is 0 Å². The van der Waals surface area contributed by atoms with Gasteiger partial charge in [-0.1, -0.05) is 30.3 Å². The van der Waals surface area contributed by atoms with Gasteiger partial charge in [-0.2, -0.15) is 0 Å². The Kier molecular flexibility index (Phi) is 3.45. The Morgan fingerprint density at radius 3 is 2.40 bits per heavy atom. The molecule has 0 amide bonds. The fourth-order valence-electron chi connectivity index (χ4n) is 2.91. The predicted molar refractivity (Wildman–Crippen MR) is 75.1 cm³/mol. The first-order valence-electron chi connectivity index (χ1n) is 6.91. The van der Waals surface area contributed by atoms with Gasteiger partial charge in [0.25, 0.3) is 0 Å². The van der Waals surface area contributed by atoms with E-state index in [4.69, 9.17) is 4.74 Å². The maximum Gasteiger partial charge on any atom is 0.129 e. The molecule has 1 fully saturated rings. The molecule has 3 heteroatoms. The molecular formula is C17H17FO2. The molecule has 1 heterocycles. The maximum absolute atomic E-state index is 14.3. The topological polar surface area (TPSA) is 29.5 Å². The molecule has 20 heavy (non-hydrogen) atoms. The van der Waals surface area contributed by atoms with Gasteiger partial charge < -0.3 is 9.84 Å². The van der Waals surface area contributed by atoms with Crippen LogP contribution in [-0.2, 0) is 10.3 Å². The molecule has 104 valence electrons. The predicted octanol–water partition coefficient (Wildman–Crippen LogP) is 3.98. The lowest BCUT2D eigenvalue weighted by Crippen LogP contribution is -2.35. The van der Waals surface area contributed by atoms with E-state index < -0.39 is 5.60 Å². The Hall–Kier alpha value is -1.87. The number of phenolic OH excluding ortho intramolecular Hbond substituents is 1. The summed E-state index contributed by atoms with van der Waals surface area (Å²) in [6.07, 6.45) is 2.74. The van der Waals surface area contributed by atoms with Gasteiger partial charge in [0.15, 0.2) is 0 Å². The first-order valence-corrected chi connectivity index (χ1v) is 6.91.